The molecule has 1 aromatic heterocycles. The Morgan fingerprint density at radius 3 is 2.71 bits per heavy atom. The van der Waals surface area contributed by atoms with E-state index in [-0.39, 0.29) is 5.88 Å². The first kappa shape index (κ1) is 8.69. The first-order valence-corrected chi connectivity index (χ1v) is 4.35. The van der Waals surface area contributed by atoms with Crippen LogP contribution in [0.25, 0.3) is 11.1 Å². The van der Waals surface area contributed by atoms with Crippen LogP contribution in [0.1, 0.15) is 5.56 Å². The van der Waals surface area contributed by atoms with Gasteiger partial charge in [-0.15, -0.1) is 5.10 Å². The predicted octanol–water partition coefficient (Wildman–Crippen LogP) is 2.16. The highest BCUT2D eigenvalue weighted by molar-refractivity contribution is 5.66. The molecule has 1 heterocycles. The fourth-order valence-corrected chi connectivity index (χ4v) is 1.40. The zero-order valence-electron chi connectivity index (χ0n) is 7.81. The first-order chi connectivity index (χ1) is 6.77. The summed E-state index contributed by atoms with van der Waals surface area (Å²) < 4.78 is 0. The smallest absolute Gasteiger partial charge is 0.231 e. The van der Waals surface area contributed by atoms with Gasteiger partial charge in [-0.1, -0.05) is 24.3 Å². The lowest BCUT2D eigenvalue weighted by atomic mass is 10.0. The molecular weight excluding hydrogens is 176 g/mol. The largest absolute Gasteiger partial charge is 0.492 e. The second kappa shape index (κ2) is 3.46. The third-order valence-corrected chi connectivity index (χ3v) is 2.10. The minimum Gasteiger partial charge on any atom is -0.492 e. The van der Waals surface area contributed by atoms with Crippen molar-refractivity contribution in [2.24, 2.45) is 0 Å². The van der Waals surface area contributed by atoms with Gasteiger partial charge < -0.3 is 5.11 Å². The molecule has 2 aromatic rings. The third-order valence-electron chi connectivity index (χ3n) is 2.10. The summed E-state index contributed by atoms with van der Waals surface area (Å²) in [6.07, 6.45) is 1.64. The molecule has 14 heavy (non-hydrogen) atoms. The van der Waals surface area contributed by atoms with Gasteiger partial charge in [0.15, 0.2) is 0 Å². The van der Waals surface area contributed by atoms with E-state index < -0.39 is 0 Å². The van der Waals surface area contributed by atoms with Crippen LogP contribution >= 0.6 is 0 Å². The molecule has 0 bridgehead atoms. The van der Waals surface area contributed by atoms with Gasteiger partial charge in [0, 0.05) is 11.6 Å². The van der Waals surface area contributed by atoms with Crippen LogP contribution in [0.4, 0.5) is 0 Å². The molecule has 0 unspecified atom stereocenters. The van der Waals surface area contributed by atoms with Gasteiger partial charge in [0.1, 0.15) is 0 Å². The van der Waals surface area contributed by atoms with Gasteiger partial charge in [0.05, 0.1) is 6.20 Å². The molecule has 0 saturated heterocycles. The maximum atomic E-state index is 9.19. The monoisotopic (exact) mass is 186 g/mol. The Morgan fingerprint density at radius 1 is 1.21 bits per heavy atom. The van der Waals surface area contributed by atoms with Crippen molar-refractivity contribution < 1.29 is 5.11 Å². The average molecular weight is 186 g/mol. The van der Waals surface area contributed by atoms with Crippen LogP contribution in [0.5, 0.6) is 5.88 Å². The number of nitrogens with zero attached hydrogens (tertiary/aromatic N) is 2. The maximum Gasteiger partial charge on any atom is 0.231 e. The standard InChI is InChI=1S/C11H10N2O/c1-8-4-2-3-5-10(8)9-6-11(14)13-12-7-9/h2-7H,1H3,(H,13,14). The number of benzene rings is 1. The van der Waals surface area contributed by atoms with E-state index in [1.165, 1.54) is 0 Å². The van der Waals surface area contributed by atoms with E-state index in [2.05, 4.69) is 10.2 Å². The van der Waals surface area contributed by atoms with Crippen molar-refractivity contribution in [2.75, 3.05) is 0 Å². The summed E-state index contributed by atoms with van der Waals surface area (Å²) in [7, 11) is 0. The average Bonchev–Trinajstić information content (AvgIpc) is 2.18. The quantitative estimate of drug-likeness (QED) is 0.742. The van der Waals surface area contributed by atoms with Crippen LogP contribution in [0.3, 0.4) is 0 Å². The van der Waals surface area contributed by atoms with Crippen molar-refractivity contribution >= 4 is 0 Å². The highest BCUT2D eigenvalue weighted by Crippen LogP contribution is 2.23. The summed E-state index contributed by atoms with van der Waals surface area (Å²) in [5.41, 5.74) is 3.10. The van der Waals surface area contributed by atoms with Crippen LogP contribution in [-0.4, -0.2) is 15.3 Å². The molecule has 0 aliphatic heterocycles. The lowest BCUT2D eigenvalue weighted by Crippen LogP contribution is -1.86. The van der Waals surface area contributed by atoms with E-state index in [0.29, 0.717) is 0 Å². The highest BCUT2D eigenvalue weighted by Gasteiger charge is 2.02. The van der Waals surface area contributed by atoms with Gasteiger partial charge in [-0.2, -0.15) is 5.10 Å². The normalized spacial score (nSPS) is 10.1. The fourth-order valence-electron chi connectivity index (χ4n) is 1.40. The summed E-state index contributed by atoms with van der Waals surface area (Å²) >= 11 is 0. The molecule has 3 nitrogen and oxygen atoms in total. The van der Waals surface area contributed by atoms with Crippen molar-refractivity contribution in [1.29, 1.82) is 0 Å². The number of aromatic nitrogens is 2. The van der Waals surface area contributed by atoms with Crippen molar-refractivity contribution in [2.45, 2.75) is 6.92 Å². The zero-order valence-corrected chi connectivity index (χ0v) is 7.81. The first-order valence-electron chi connectivity index (χ1n) is 4.35. The van der Waals surface area contributed by atoms with Crippen molar-refractivity contribution in [3.05, 3.63) is 42.1 Å². The topological polar surface area (TPSA) is 46.0 Å². The summed E-state index contributed by atoms with van der Waals surface area (Å²) in [5.74, 6) is -0.0502. The van der Waals surface area contributed by atoms with E-state index in [4.69, 9.17) is 0 Å². The molecule has 2 rings (SSSR count). The molecule has 0 amide bonds. The SMILES string of the molecule is Cc1ccccc1-c1cnnc(O)c1. The van der Waals surface area contributed by atoms with Gasteiger partial charge >= 0.3 is 0 Å². The van der Waals surface area contributed by atoms with Gasteiger partial charge in [-0.05, 0) is 18.1 Å². The van der Waals surface area contributed by atoms with Gasteiger partial charge in [0.25, 0.3) is 0 Å². The molecule has 0 atom stereocenters. The molecule has 0 fully saturated rings. The van der Waals surface area contributed by atoms with Crippen LogP contribution in [0.2, 0.25) is 0 Å². The Morgan fingerprint density at radius 2 is 2.00 bits per heavy atom. The van der Waals surface area contributed by atoms with E-state index in [1.54, 1.807) is 12.3 Å². The lowest BCUT2D eigenvalue weighted by molar-refractivity contribution is 0.445. The molecule has 0 radical (unpaired) electrons. The lowest BCUT2D eigenvalue weighted by Gasteiger charge is -2.04. The molecule has 0 aliphatic rings. The number of aromatic hydroxyl groups is 1. The number of hydrogen-bond donors (Lipinski definition) is 1. The van der Waals surface area contributed by atoms with Crippen LogP contribution in [-0.2, 0) is 0 Å². The molecule has 1 N–H and O–H groups in total. The minimum absolute atomic E-state index is 0.0502. The molecule has 0 saturated carbocycles. The Kier molecular flexibility index (Phi) is 2.14. The summed E-state index contributed by atoms with van der Waals surface area (Å²) in [4.78, 5) is 0. The second-order valence-electron chi connectivity index (χ2n) is 3.12. The fraction of sp³-hybridized carbons (Fsp3) is 0.0909. The molecular formula is C11H10N2O. The molecule has 1 aromatic carbocycles. The summed E-state index contributed by atoms with van der Waals surface area (Å²) in [6.45, 7) is 2.02. The van der Waals surface area contributed by atoms with E-state index >= 15 is 0 Å². The van der Waals surface area contributed by atoms with Gasteiger partial charge in [0.2, 0.25) is 5.88 Å². The number of rotatable bonds is 1. The summed E-state index contributed by atoms with van der Waals surface area (Å²) in [5, 5.41) is 16.4. The van der Waals surface area contributed by atoms with Gasteiger partial charge in [-0.3, -0.25) is 0 Å². The second-order valence-corrected chi connectivity index (χ2v) is 3.12. The van der Waals surface area contributed by atoms with Gasteiger partial charge in [-0.25, -0.2) is 0 Å². The minimum atomic E-state index is -0.0502. The number of aryl methyl sites for hydroxylation is 1. The highest BCUT2D eigenvalue weighted by atomic mass is 16.3. The Labute approximate surface area is 82.1 Å². The van der Waals surface area contributed by atoms with Crippen LogP contribution in [0.15, 0.2) is 36.5 Å². The Balaban J connectivity index is 2.55. The zero-order chi connectivity index (χ0) is 9.97. The maximum absolute atomic E-state index is 9.19. The molecule has 70 valence electrons. The molecule has 0 aliphatic carbocycles. The Bertz CT molecular complexity index is 455. The van der Waals surface area contributed by atoms with Crippen LogP contribution in [0, 0.1) is 6.92 Å². The Hall–Kier alpha value is -1.90. The molecule has 3 heteroatoms. The molecule has 0 spiro atoms. The van der Waals surface area contributed by atoms with Crippen molar-refractivity contribution in [3.8, 4) is 17.0 Å². The van der Waals surface area contributed by atoms with Crippen molar-refractivity contribution in [1.82, 2.24) is 10.2 Å². The third kappa shape index (κ3) is 1.57. The predicted molar refractivity (Wildman–Crippen MR) is 53.9 cm³/mol. The van der Waals surface area contributed by atoms with E-state index in [1.807, 2.05) is 31.2 Å². The van der Waals surface area contributed by atoms with Crippen LogP contribution < -0.4 is 0 Å². The number of hydrogen-bond acceptors (Lipinski definition) is 3. The summed E-state index contributed by atoms with van der Waals surface area (Å²) in [6, 6.07) is 9.56. The van der Waals surface area contributed by atoms with E-state index in [9.17, 15) is 5.11 Å². The van der Waals surface area contributed by atoms with E-state index in [0.717, 1.165) is 16.7 Å². The van der Waals surface area contributed by atoms with Crippen molar-refractivity contribution in [3.63, 3.8) is 0 Å².